The van der Waals surface area contributed by atoms with Crippen LogP contribution in [0.15, 0.2) is 121 Å². The lowest BCUT2D eigenvalue weighted by atomic mass is 9.88. The minimum absolute atomic E-state index is 0.920. The van der Waals surface area contributed by atoms with Gasteiger partial charge < -0.3 is 0 Å². The molecule has 0 unspecified atom stereocenters. The van der Waals surface area contributed by atoms with Crippen molar-refractivity contribution in [1.82, 2.24) is 0 Å². The molecule has 0 nitrogen and oxygen atoms in total. The second kappa shape index (κ2) is 7.41. The lowest BCUT2D eigenvalue weighted by Gasteiger charge is -2.15. The molecule has 0 atom stereocenters. The Bertz CT molecular complexity index is 1390. The predicted octanol–water partition coefficient (Wildman–Crippen LogP) is 8.26. The van der Waals surface area contributed by atoms with Crippen molar-refractivity contribution >= 4 is 0 Å². The van der Waals surface area contributed by atoms with Crippen LogP contribution in [-0.4, -0.2) is 0 Å². The molecule has 0 spiro atoms. The lowest BCUT2D eigenvalue weighted by molar-refractivity contribution is 1.20. The summed E-state index contributed by atoms with van der Waals surface area (Å²) in [5.41, 5.74) is 13.1. The standard InChI is InChI=1S/C31H22/c1-2-10-22(11-3-1)23-18-19-25-20-24-12-4-5-13-26(24)27-14-6-7-15-28(27)29-16-8-9-17-30(29)31(25)21-23/h1-19,21H,20H2. The summed E-state index contributed by atoms with van der Waals surface area (Å²) in [6.45, 7) is 0. The quantitative estimate of drug-likeness (QED) is 0.263. The Balaban J connectivity index is 1.69. The first kappa shape index (κ1) is 17.9. The summed E-state index contributed by atoms with van der Waals surface area (Å²) < 4.78 is 0. The highest BCUT2D eigenvalue weighted by atomic mass is 14.2. The smallest absolute Gasteiger partial charge is 0.00134 e. The van der Waals surface area contributed by atoms with E-state index in [9.17, 15) is 0 Å². The SMILES string of the molecule is c1ccc(-c2ccc3c(c2)-c2ccccc2-c2ccccc2-c2ccccc2C3)cc1. The van der Waals surface area contributed by atoms with Crippen LogP contribution in [-0.2, 0) is 6.42 Å². The highest BCUT2D eigenvalue weighted by Crippen LogP contribution is 2.43. The maximum Gasteiger partial charge on any atom is -0.00134 e. The molecular weight excluding hydrogens is 372 g/mol. The molecule has 1 aliphatic carbocycles. The number of hydrogen-bond donors (Lipinski definition) is 0. The largest absolute Gasteiger partial charge is 0.0622 e. The van der Waals surface area contributed by atoms with Gasteiger partial charge in [0.2, 0.25) is 0 Å². The fourth-order valence-electron chi connectivity index (χ4n) is 4.84. The highest BCUT2D eigenvalue weighted by molar-refractivity contribution is 5.94. The molecule has 0 saturated carbocycles. The van der Waals surface area contributed by atoms with E-state index in [1.165, 1.54) is 55.6 Å². The molecule has 31 heavy (non-hydrogen) atoms. The van der Waals surface area contributed by atoms with Gasteiger partial charge in [-0.05, 0) is 68.1 Å². The maximum absolute atomic E-state index is 2.38. The van der Waals surface area contributed by atoms with Crippen LogP contribution in [0.4, 0.5) is 0 Å². The van der Waals surface area contributed by atoms with E-state index in [2.05, 4.69) is 121 Å². The third-order valence-corrected chi connectivity index (χ3v) is 6.34. The molecule has 0 heteroatoms. The molecule has 6 rings (SSSR count). The first-order valence-corrected chi connectivity index (χ1v) is 10.8. The summed E-state index contributed by atoms with van der Waals surface area (Å²) in [4.78, 5) is 0. The van der Waals surface area contributed by atoms with Gasteiger partial charge in [0.1, 0.15) is 0 Å². The zero-order valence-corrected chi connectivity index (χ0v) is 17.3. The number of hydrogen-bond acceptors (Lipinski definition) is 0. The normalized spacial score (nSPS) is 11.7. The van der Waals surface area contributed by atoms with Crippen molar-refractivity contribution in [2.24, 2.45) is 0 Å². The van der Waals surface area contributed by atoms with Crippen molar-refractivity contribution in [1.29, 1.82) is 0 Å². The van der Waals surface area contributed by atoms with Crippen LogP contribution in [0.5, 0.6) is 0 Å². The summed E-state index contributed by atoms with van der Waals surface area (Å²) in [5.74, 6) is 0. The Morgan fingerprint density at radius 2 is 0.806 bits per heavy atom. The van der Waals surface area contributed by atoms with Crippen LogP contribution in [0.1, 0.15) is 11.1 Å². The maximum atomic E-state index is 2.38. The Morgan fingerprint density at radius 3 is 1.48 bits per heavy atom. The Hall–Kier alpha value is -3.90. The molecule has 0 aliphatic heterocycles. The van der Waals surface area contributed by atoms with Gasteiger partial charge in [-0.25, -0.2) is 0 Å². The van der Waals surface area contributed by atoms with Gasteiger partial charge in [0.25, 0.3) is 0 Å². The molecule has 0 bridgehead atoms. The molecule has 0 saturated heterocycles. The van der Waals surface area contributed by atoms with Gasteiger partial charge in [0, 0.05) is 0 Å². The van der Waals surface area contributed by atoms with E-state index in [4.69, 9.17) is 0 Å². The average Bonchev–Trinajstić information content (AvgIpc) is 2.89. The van der Waals surface area contributed by atoms with E-state index in [0.717, 1.165) is 6.42 Å². The van der Waals surface area contributed by atoms with E-state index < -0.39 is 0 Å². The number of rotatable bonds is 1. The minimum atomic E-state index is 0.920. The summed E-state index contributed by atoms with van der Waals surface area (Å²) in [5, 5.41) is 0. The molecular formula is C31H22. The van der Waals surface area contributed by atoms with Crippen molar-refractivity contribution < 1.29 is 0 Å². The first-order chi connectivity index (χ1) is 15.4. The topological polar surface area (TPSA) is 0 Å². The molecule has 0 fully saturated rings. The van der Waals surface area contributed by atoms with Crippen LogP contribution in [0.2, 0.25) is 0 Å². The van der Waals surface area contributed by atoms with Gasteiger partial charge in [-0.2, -0.15) is 0 Å². The zero-order valence-electron chi connectivity index (χ0n) is 17.3. The highest BCUT2D eigenvalue weighted by Gasteiger charge is 2.19. The summed E-state index contributed by atoms with van der Waals surface area (Å²) >= 11 is 0. The summed E-state index contributed by atoms with van der Waals surface area (Å²) in [6.07, 6.45) is 0.920. The average molecular weight is 395 g/mol. The Kier molecular flexibility index (Phi) is 4.28. The predicted molar refractivity (Wildman–Crippen MR) is 131 cm³/mol. The van der Waals surface area contributed by atoms with Crippen molar-refractivity contribution in [3.63, 3.8) is 0 Å². The number of fused-ring (bicyclic) bond motifs is 7. The van der Waals surface area contributed by atoms with E-state index >= 15 is 0 Å². The van der Waals surface area contributed by atoms with Crippen molar-refractivity contribution in [3.8, 4) is 44.5 Å². The second-order valence-electron chi connectivity index (χ2n) is 8.16. The van der Waals surface area contributed by atoms with Crippen LogP contribution in [0.3, 0.4) is 0 Å². The molecule has 0 aromatic heterocycles. The number of benzene rings is 5. The molecule has 1 aliphatic rings. The molecule has 0 amide bonds. The van der Waals surface area contributed by atoms with Crippen LogP contribution in [0, 0.1) is 0 Å². The van der Waals surface area contributed by atoms with E-state index in [1.54, 1.807) is 0 Å². The molecule has 0 radical (unpaired) electrons. The minimum Gasteiger partial charge on any atom is -0.0622 e. The fraction of sp³-hybridized carbons (Fsp3) is 0.0323. The Labute approximate surface area is 183 Å². The van der Waals surface area contributed by atoms with Gasteiger partial charge in [-0.1, -0.05) is 115 Å². The third-order valence-electron chi connectivity index (χ3n) is 6.34. The van der Waals surface area contributed by atoms with E-state index in [-0.39, 0.29) is 0 Å². The molecule has 146 valence electrons. The molecule has 0 N–H and O–H groups in total. The van der Waals surface area contributed by atoms with Crippen molar-refractivity contribution in [2.75, 3.05) is 0 Å². The van der Waals surface area contributed by atoms with Crippen LogP contribution in [0.25, 0.3) is 44.5 Å². The van der Waals surface area contributed by atoms with Gasteiger partial charge in [-0.3, -0.25) is 0 Å². The molecule has 5 aromatic carbocycles. The Morgan fingerprint density at radius 1 is 0.323 bits per heavy atom. The molecule has 0 heterocycles. The molecule has 5 aromatic rings. The fourth-order valence-corrected chi connectivity index (χ4v) is 4.84. The van der Waals surface area contributed by atoms with Crippen molar-refractivity contribution in [3.05, 3.63) is 132 Å². The zero-order chi connectivity index (χ0) is 20.6. The van der Waals surface area contributed by atoms with Gasteiger partial charge in [0.15, 0.2) is 0 Å². The van der Waals surface area contributed by atoms with Crippen LogP contribution < -0.4 is 0 Å². The first-order valence-electron chi connectivity index (χ1n) is 10.8. The van der Waals surface area contributed by atoms with E-state index in [1.807, 2.05) is 0 Å². The summed E-state index contributed by atoms with van der Waals surface area (Å²) in [6, 6.07) is 44.1. The summed E-state index contributed by atoms with van der Waals surface area (Å²) in [7, 11) is 0. The van der Waals surface area contributed by atoms with Gasteiger partial charge in [0.05, 0.1) is 0 Å². The van der Waals surface area contributed by atoms with Crippen LogP contribution >= 0.6 is 0 Å². The lowest BCUT2D eigenvalue weighted by Crippen LogP contribution is -1.95. The monoisotopic (exact) mass is 394 g/mol. The second-order valence-corrected chi connectivity index (χ2v) is 8.16. The van der Waals surface area contributed by atoms with Gasteiger partial charge >= 0.3 is 0 Å². The van der Waals surface area contributed by atoms with Gasteiger partial charge in [-0.15, -0.1) is 0 Å². The van der Waals surface area contributed by atoms with Crippen molar-refractivity contribution in [2.45, 2.75) is 6.42 Å². The van der Waals surface area contributed by atoms with E-state index in [0.29, 0.717) is 0 Å². The third kappa shape index (κ3) is 3.08.